The maximum absolute atomic E-state index is 13.4. The van der Waals surface area contributed by atoms with Gasteiger partial charge in [-0.15, -0.1) is 0 Å². The van der Waals surface area contributed by atoms with Crippen LogP contribution < -0.4 is 15.5 Å². The van der Waals surface area contributed by atoms with Crippen LogP contribution in [0.3, 0.4) is 0 Å². The molecule has 28 heavy (non-hydrogen) atoms. The molecule has 4 atom stereocenters. The molecule has 2 N–H and O–H groups in total. The van der Waals surface area contributed by atoms with Crippen molar-refractivity contribution in [2.75, 3.05) is 25.0 Å². The summed E-state index contributed by atoms with van der Waals surface area (Å²) in [5.41, 5.74) is -0.296. The third kappa shape index (κ3) is 4.45. The molecule has 0 radical (unpaired) electrons. The van der Waals surface area contributed by atoms with Crippen LogP contribution in [0.25, 0.3) is 0 Å². The number of alkyl halides is 3. The Morgan fingerprint density at radius 1 is 1.21 bits per heavy atom. The summed E-state index contributed by atoms with van der Waals surface area (Å²) in [6.07, 6.45) is -1.66. The van der Waals surface area contributed by atoms with Gasteiger partial charge in [0.05, 0.1) is 11.6 Å². The first-order valence-electron chi connectivity index (χ1n) is 10.1. The minimum Gasteiger partial charge on any atom is -0.370 e. The number of halogens is 3. The molecule has 2 aliphatic rings. The summed E-state index contributed by atoms with van der Waals surface area (Å²) in [5.74, 6) is 0.990. The Morgan fingerprint density at radius 2 is 1.93 bits per heavy atom. The zero-order chi connectivity index (χ0) is 20.5. The highest BCUT2D eigenvalue weighted by Gasteiger charge is 2.45. The van der Waals surface area contributed by atoms with Crippen molar-refractivity contribution in [3.8, 4) is 0 Å². The van der Waals surface area contributed by atoms with E-state index in [-0.39, 0.29) is 29.6 Å². The van der Waals surface area contributed by atoms with Gasteiger partial charge >= 0.3 is 6.18 Å². The lowest BCUT2D eigenvalue weighted by atomic mass is 9.95. The molecule has 0 unspecified atom stereocenters. The minimum absolute atomic E-state index is 0.0191. The van der Waals surface area contributed by atoms with Crippen molar-refractivity contribution in [1.82, 2.24) is 10.6 Å². The van der Waals surface area contributed by atoms with Crippen molar-refractivity contribution in [2.24, 2.45) is 17.8 Å². The summed E-state index contributed by atoms with van der Waals surface area (Å²) in [6, 6.07) is 5.73. The number of carbonyl (C=O) groups is 1. The average molecular weight is 397 g/mol. The molecular weight excluding hydrogens is 367 g/mol. The molecule has 7 heteroatoms. The number of hydrogen-bond acceptors (Lipinski definition) is 3. The summed E-state index contributed by atoms with van der Waals surface area (Å²) < 4.78 is 40.2. The van der Waals surface area contributed by atoms with Crippen LogP contribution in [0.5, 0.6) is 0 Å². The fourth-order valence-electron chi connectivity index (χ4n) is 4.81. The van der Waals surface area contributed by atoms with Gasteiger partial charge in [-0.05, 0) is 49.1 Å². The first-order chi connectivity index (χ1) is 13.2. The smallest absolute Gasteiger partial charge is 0.370 e. The van der Waals surface area contributed by atoms with Crippen LogP contribution in [-0.4, -0.2) is 38.1 Å². The molecule has 1 amide bonds. The van der Waals surface area contributed by atoms with Gasteiger partial charge in [0.1, 0.15) is 0 Å². The van der Waals surface area contributed by atoms with E-state index in [9.17, 15) is 18.0 Å². The van der Waals surface area contributed by atoms with Crippen molar-refractivity contribution >= 4 is 11.6 Å². The fraction of sp³-hybridized carbons (Fsp3) is 0.667. The van der Waals surface area contributed by atoms with Gasteiger partial charge in [-0.3, -0.25) is 4.79 Å². The predicted molar refractivity (Wildman–Crippen MR) is 104 cm³/mol. The predicted octanol–water partition coefficient (Wildman–Crippen LogP) is 3.67. The van der Waals surface area contributed by atoms with Crippen molar-refractivity contribution in [3.05, 3.63) is 29.8 Å². The van der Waals surface area contributed by atoms with Gasteiger partial charge in [0, 0.05) is 31.9 Å². The molecular formula is C21H30F3N3O. The lowest BCUT2D eigenvalue weighted by Crippen LogP contribution is -2.50. The molecule has 156 valence electrons. The van der Waals surface area contributed by atoms with E-state index in [1.54, 1.807) is 19.2 Å². The SMILES string of the molecule is CNC(=O)[C@H](CC(C)C)N[C@H]1CC[C@@H]2CN(c3ccccc3C(F)(F)F)C[C@@H]21. The summed E-state index contributed by atoms with van der Waals surface area (Å²) in [4.78, 5) is 14.1. The van der Waals surface area contributed by atoms with Crippen LogP contribution in [0.1, 0.15) is 38.7 Å². The quantitative estimate of drug-likeness (QED) is 0.770. The highest BCUT2D eigenvalue weighted by atomic mass is 19.4. The first-order valence-corrected chi connectivity index (χ1v) is 10.1. The summed E-state index contributed by atoms with van der Waals surface area (Å²) in [5, 5.41) is 6.25. The topological polar surface area (TPSA) is 44.4 Å². The van der Waals surface area contributed by atoms with Crippen molar-refractivity contribution < 1.29 is 18.0 Å². The van der Waals surface area contributed by atoms with Gasteiger partial charge in [-0.1, -0.05) is 26.0 Å². The molecule has 0 spiro atoms. The number of hydrogen-bond donors (Lipinski definition) is 2. The molecule has 1 saturated heterocycles. The molecule has 0 bridgehead atoms. The standard InChI is InChI=1S/C21H30F3N3O/c1-13(2)10-18(20(28)25-3)26-17-9-8-14-11-27(12-15(14)17)19-7-5-4-6-16(19)21(22,23)24/h4-7,13-15,17-18,26H,8-12H2,1-3H3,(H,25,28)/t14-,15+,17+,18+/m1/s1. The molecule has 1 aromatic carbocycles. The van der Waals surface area contributed by atoms with Crippen LogP contribution in [0.2, 0.25) is 0 Å². The molecule has 1 heterocycles. The van der Waals surface area contributed by atoms with Gasteiger partial charge in [0.2, 0.25) is 5.91 Å². The molecule has 1 aliphatic carbocycles. The number of nitrogens with zero attached hydrogens (tertiary/aromatic N) is 1. The van der Waals surface area contributed by atoms with Crippen molar-refractivity contribution in [1.29, 1.82) is 0 Å². The lowest BCUT2D eigenvalue weighted by molar-refractivity contribution is -0.137. The minimum atomic E-state index is -4.35. The first kappa shape index (κ1) is 21.0. The Morgan fingerprint density at radius 3 is 2.57 bits per heavy atom. The molecule has 2 fully saturated rings. The highest BCUT2D eigenvalue weighted by molar-refractivity contribution is 5.81. The lowest BCUT2D eigenvalue weighted by Gasteiger charge is -2.28. The molecule has 0 aromatic heterocycles. The maximum Gasteiger partial charge on any atom is 0.418 e. The second-order valence-electron chi connectivity index (χ2n) is 8.49. The molecule has 3 rings (SSSR count). The van der Waals surface area contributed by atoms with Gasteiger partial charge in [-0.25, -0.2) is 0 Å². The Kier molecular flexibility index (Phi) is 6.22. The van der Waals surface area contributed by atoms with Gasteiger partial charge in [-0.2, -0.15) is 13.2 Å². The van der Waals surface area contributed by atoms with Crippen molar-refractivity contribution in [3.63, 3.8) is 0 Å². The van der Waals surface area contributed by atoms with E-state index in [1.165, 1.54) is 6.07 Å². The Bertz CT molecular complexity index is 692. The summed E-state index contributed by atoms with van der Waals surface area (Å²) in [7, 11) is 1.64. The fourth-order valence-corrected chi connectivity index (χ4v) is 4.81. The number of fused-ring (bicyclic) bond motifs is 1. The monoisotopic (exact) mass is 397 g/mol. The van der Waals surface area contributed by atoms with Gasteiger partial charge in [0.15, 0.2) is 0 Å². The molecule has 4 nitrogen and oxygen atoms in total. The van der Waals surface area contributed by atoms with Gasteiger partial charge in [0.25, 0.3) is 0 Å². The molecule has 1 saturated carbocycles. The van der Waals surface area contributed by atoms with E-state index >= 15 is 0 Å². The third-order valence-electron chi connectivity index (χ3n) is 6.09. The van der Waals surface area contributed by atoms with Gasteiger partial charge < -0.3 is 15.5 Å². The van der Waals surface area contributed by atoms with E-state index in [0.29, 0.717) is 24.9 Å². The number of carbonyl (C=O) groups excluding carboxylic acids is 1. The third-order valence-corrected chi connectivity index (χ3v) is 6.09. The second-order valence-corrected chi connectivity index (χ2v) is 8.49. The number of amides is 1. The number of anilines is 1. The second kappa shape index (κ2) is 8.31. The van der Waals surface area contributed by atoms with E-state index in [4.69, 9.17) is 0 Å². The van der Waals surface area contributed by atoms with E-state index in [0.717, 1.165) is 25.3 Å². The molecule has 1 aliphatic heterocycles. The largest absolute Gasteiger partial charge is 0.418 e. The van der Waals surface area contributed by atoms with Crippen LogP contribution in [0, 0.1) is 17.8 Å². The zero-order valence-corrected chi connectivity index (χ0v) is 16.7. The number of nitrogens with one attached hydrogen (secondary N) is 2. The zero-order valence-electron chi connectivity index (χ0n) is 16.7. The van der Waals surface area contributed by atoms with Crippen LogP contribution in [0.4, 0.5) is 18.9 Å². The Labute approximate surface area is 164 Å². The van der Waals surface area contributed by atoms with E-state index in [1.807, 2.05) is 4.90 Å². The number of para-hydroxylation sites is 1. The average Bonchev–Trinajstić information content (AvgIpc) is 3.21. The summed E-state index contributed by atoms with van der Waals surface area (Å²) >= 11 is 0. The van der Waals surface area contributed by atoms with E-state index in [2.05, 4.69) is 24.5 Å². The number of benzene rings is 1. The highest BCUT2D eigenvalue weighted by Crippen LogP contribution is 2.43. The Balaban J connectivity index is 1.73. The number of likely N-dealkylation sites (N-methyl/N-ethyl adjacent to an activating group) is 1. The van der Waals surface area contributed by atoms with Crippen LogP contribution >= 0.6 is 0 Å². The van der Waals surface area contributed by atoms with Crippen molar-refractivity contribution in [2.45, 2.75) is 51.4 Å². The van der Waals surface area contributed by atoms with E-state index < -0.39 is 11.7 Å². The normalized spacial score (nSPS) is 25.8. The number of rotatable bonds is 6. The maximum atomic E-state index is 13.4. The summed E-state index contributed by atoms with van der Waals surface area (Å²) in [6.45, 7) is 5.41. The van der Waals surface area contributed by atoms with Crippen LogP contribution in [0.15, 0.2) is 24.3 Å². The Hall–Kier alpha value is -1.76. The van der Waals surface area contributed by atoms with Crippen LogP contribution in [-0.2, 0) is 11.0 Å². The molecule has 1 aromatic rings.